The minimum Gasteiger partial charge on any atom is -0.396 e. The van der Waals surface area contributed by atoms with Crippen molar-refractivity contribution in [3.05, 3.63) is 34.4 Å². The van der Waals surface area contributed by atoms with E-state index in [0.717, 1.165) is 22.8 Å². The quantitative estimate of drug-likeness (QED) is 0.868. The molecule has 1 aromatic heterocycles. The Kier molecular flexibility index (Phi) is 2.89. The van der Waals surface area contributed by atoms with Crippen LogP contribution >= 0.6 is 15.9 Å². The van der Waals surface area contributed by atoms with Gasteiger partial charge in [0, 0.05) is 28.2 Å². The van der Waals surface area contributed by atoms with Crippen LogP contribution in [0.5, 0.6) is 0 Å². The highest BCUT2D eigenvalue weighted by molar-refractivity contribution is 9.10. The number of nitrogens with one attached hydrogen (secondary N) is 1. The minimum absolute atomic E-state index is 0.248. The Balaban J connectivity index is 2.46. The van der Waals surface area contributed by atoms with Crippen molar-refractivity contribution in [2.45, 2.75) is 12.8 Å². The second kappa shape index (κ2) is 4.15. The lowest BCUT2D eigenvalue weighted by Crippen LogP contribution is -1.90. The van der Waals surface area contributed by atoms with Crippen molar-refractivity contribution in [1.82, 2.24) is 4.98 Å². The molecule has 0 saturated carbocycles. The molecular weight excluding hydrogens is 242 g/mol. The van der Waals surface area contributed by atoms with Gasteiger partial charge in [0.05, 0.1) is 0 Å². The highest BCUT2D eigenvalue weighted by Gasteiger charge is 2.05. The lowest BCUT2D eigenvalue weighted by molar-refractivity contribution is 0.289. The van der Waals surface area contributed by atoms with E-state index < -0.39 is 0 Å². The van der Waals surface area contributed by atoms with Gasteiger partial charge in [-0.2, -0.15) is 0 Å². The fourth-order valence-corrected chi connectivity index (χ4v) is 2.28. The third-order valence-corrected chi connectivity index (χ3v) is 2.97. The molecule has 3 heteroatoms. The van der Waals surface area contributed by atoms with Crippen LogP contribution in [-0.2, 0) is 6.42 Å². The van der Waals surface area contributed by atoms with E-state index in [-0.39, 0.29) is 6.61 Å². The molecule has 0 amide bonds. The van der Waals surface area contributed by atoms with Gasteiger partial charge in [0.2, 0.25) is 0 Å². The van der Waals surface area contributed by atoms with Gasteiger partial charge < -0.3 is 10.1 Å². The number of aliphatic hydroxyl groups is 1. The Morgan fingerprint density at radius 3 is 3.00 bits per heavy atom. The second-order valence-electron chi connectivity index (χ2n) is 3.30. The van der Waals surface area contributed by atoms with Crippen molar-refractivity contribution < 1.29 is 5.11 Å². The van der Waals surface area contributed by atoms with E-state index in [1.54, 1.807) is 0 Å². The summed E-state index contributed by atoms with van der Waals surface area (Å²) in [6.07, 6.45) is 3.69. The Bertz CT molecular complexity index is 436. The Labute approximate surface area is 91.1 Å². The lowest BCUT2D eigenvalue weighted by Gasteiger charge is -2.02. The first-order chi connectivity index (χ1) is 6.83. The van der Waals surface area contributed by atoms with E-state index in [1.165, 1.54) is 10.9 Å². The van der Waals surface area contributed by atoms with Crippen LogP contribution in [0.1, 0.15) is 12.0 Å². The van der Waals surface area contributed by atoms with E-state index in [0.29, 0.717) is 0 Å². The van der Waals surface area contributed by atoms with Crippen molar-refractivity contribution in [2.75, 3.05) is 6.61 Å². The molecule has 0 bridgehead atoms. The first kappa shape index (κ1) is 9.74. The summed E-state index contributed by atoms with van der Waals surface area (Å²) in [6, 6.07) is 6.21. The van der Waals surface area contributed by atoms with Crippen molar-refractivity contribution in [2.24, 2.45) is 0 Å². The predicted octanol–water partition coefficient (Wildman–Crippen LogP) is 2.86. The molecule has 1 aromatic carbocycles. The van der Waals surface area contributed by atoms with Crippen molar-refractivity contribution in [3.8, 4) is 0 Å². The van der Waals surface area contributed by atoms with E-state index in [4.69, 9.17) is 5.11 Å². The van der Waals surface area contributed by atoms with Gasteiger partial charge >= 0.3 is 0 Å². The van der Waals surface area contributed by atoms with Gasteiger partial charge in [-0.3, -0.25) is 0 Å². The predicted molar refractivity (Wildman–Crippen MR) is 61.4 cm³/mol. The summed E-state index contributed by atoms with van der Waals surface area (Å²) in [5, 5.41) is 10.0. The van der Waals surface area contributed by atoms with Gasteiger partial charge in [0.15, 0.2) is 0 Å². The average Bonchev–Trinajstić information content (AvgIpc) is 2.58. The summed E-state index contributed by atoms with van der Waals surface area (Å²) in [5.41, 5.74) is 2.43. The zero-order valence-corrected chi connectivity index (χ0v) is 9.34. The zero-order chi connectivity index (χ0) is 9.97. The molecule has 0 aliphatic rings. The summed E-state index contributed by atoms with van der Waals surface area (Å²) in [4.78, 5) is 3.20. The number of H-pyrrole nitrogens is 1. The molecule has 0 unspecified atom stereocenters. The highest BCUT2D eigenvalue weighted by Crippen LogP contribution is 2.27. The Morgan fingerprint density at radius 2 is 2.21 bits per heavy atom. The molecule has 0 aliphatic carbocycles. The van der Waals surface area contributed by atoms with Gasteiger partial charge in [-0.05, 0) is 40.4 Å². The number of aromatic nitrogens is 1. The summed E-state index contributed by atoms with van der Waals surface area (Å²) in [5.74, 6) is 0. The number of aromatic amines is 1. The monoisotopic (exact) mass is 253 g/mol. The highest BCUT2D eigenvalue weighted by atomic mass is 79.9. The number of fused-ring (bicyclic) bond motifs is 1. The number of hydrogen-bond donors (Lipinski definition) is 2. The number of hydrogen-bond acceptors (Lipinski definition) is 1. The topological polar surface area (TPSA) is 36.0 Å². The van der Waals surface area contributed by atoms with Gasteiger partial charge in [-0.1, -0.05) is 12.1 Å². The van der Waals surface area contributed by atoms with Crippen molar-refractivity contribution >= 4 is 26.8 Å². The van der Waals surface area contributed by atoms with Gasteiger partial charge in [-0.25, -0.2) is 0 Å². The van der Waals surface area contributed by atoms with Gasteiger partial charge in [-0.15, -0.1) is 0 Å². The molecule has 2 aromatic rings. The third-order valence-electron chi connectivity index (χ3n) is 2.35. The SMILES string of the molecule is OCCCc1cccc2[nH]cc(Br)c12. The maximum absolute atomic E-state index is 8.80. The molecule has 2 nitrogen and oxygen atoms in total. The smallest absolute Gasteiger partial charge is 0.0468 e. The van der Waals surface area contributed by atoms with E-state index in [1.807, 2.05) is 12.3 Å². The number of halogens is 1. The van der Waals surface area contributed by atoms with Gasteiger partial charge in [0.1, 0.15) is 0 Å². The van der Waals surface area contributed by atoms with Gasteiger partial charge in [0.25, 0.3) is 0 Å². The summed E-state index contributed by atoms with van der Waals surface area (Å²) in [6.45, 7) is 0.248. The molecule has 0 radical (unpaired) electrons. The van der Waals surface area contributed by atoms with Crippen LogP contribution in [0.25, 0.3) is 10.9 Å². The third kappa shape index (κ3) is 1.70. The van der Waals surface area contributed by atoms with E-state index in [9.17, 15) is 0 Å². The molecule has 0 atom stereocenters. The second-order valence-corrected chi connectivity index (χ2v) is 4.16. The molecule has 14 heavy (non-hydrogen) atoms. The van der Waals surface area contributed by atoms with E-state index >= 15 is 0 Å². The molecule has 74 valence electrons. The molecular formula is C11H12BrNO. The van der Waals surface area contributed by atoms with Crippen LogP contribution in [0.15, 0.2) is 28.9 Å². The van der Waals surface area contributed by atoms with Crippen molar-refractivity contribution in [1.29, 1.82) is 0 Å². The number of benzene rings is 1. The van der Waals surface area contributed by atoms with Crippen molar-refractivity contribution in [3.63, 3.8) is 0 Å². The number of aliphatic hydroxyl groups excluding tert-OH is 1. The van der Waals surface area contributed by atoms with Crippen LogP contribution in [-0.4, -0.2) is 16.7 Å². The van der Waals surface area contributed by atoms with E-state index in [2.05, 4.69) is 33.0 Å². The largest absolute Gasteiger partial charge is 0.396 e. The standard InChI is InChI=1S/C11H12BrNO/c12-9-7-13-10-5-1-3-8(11(9)10)4-2-6-14/h1,3,5,7,13-14H,2,4,6H2. The zero-order valence-electron chi connectivity index (χ0n) is 7.76. The summed E-state index contributed by atoms with van der Waals surface area (Å²) in [7, 11) is 0. The molecule has 2 N–H and O–H groups in total. The Hall–Kier alpha value is -0.800. The molecule has 1 heterocycles. The first-order valence-corrected chi connectivity index (χ1v) is 5.47. The average molecular weight is 254 g/mol. The molecule has 2 rings (SSSR count). The fraction of sp³-hybridized carbons (Fsp3) is 0.273. The first-order valence-electron chi connectivity index (χ1n) is 4.68. The fourth-order valence-electron chi connectivity index (χ4n) is 1.69. The molecule has 0 spiro atoms. The lowest BCUT2D eigenvalue weighted by atomic mass is 10.1. The molecule has 0 saturated heterocycles. The molecule has 0 aliphatic heterocycles. The maximum atomic E-state index is 8.80. The normalized spacial score (nSPS) is 11.0. The number of aryl methyl sites for hydroxylation is 1. The van der Waals surface area contributed by atoms with Crippen LogP contribution in [0.4, 0.5) is 0 Å². The number of rotatable bonds is 3. The van der Waals surface area contributed by atoms with Crippen LogP contribution in [0, 0.1) is 0 Å². The molecule has 0 fully saturated rings. The Morgan fingerprint density at radius 1 is 1.36 bits per heavy atom. The van der Waals surface area contributed by atoms with Crippen LogP contribution in [0.3, 0.4) is 0 Å². The summed E-state index contributed by atoms with van der Waals surface area (Å²) >= 11 is 3.52. The van der Waals surface area contributed by atoms with Crippen LogP contribution < -0.4 is 0 Å². The summed E-state index contributed by atoms with van der Waals surface area (Å²) < 4.78 is 1.10. The maximum Gasteiger partial charge on any atom is 0.0468 e. The minimum atomic E-state index is 0.248. The van der Waals surface area contributed by atoms with Crippen LogP contribution in [0.2, 0.25) is 0 Å².